The lowest BCUT2D eigenvalue weighted by Gasteiger charge is -2.20. The third kappa shape index (κ3) is 6.90. The van der Waals surface area contributed by atoms with Crippen molar-refractivity contribution < 1.29 is 19.0 Å². The normalized spacial score (nSPS) is 16.1. The van der Waals surface area contributed by atoms with Crippen LogP contribution in [0.5, 0.6) is 17.2 Å². The van der Waals surface area contributed by atoms with Gasteiger partial charge in [0.25, 0.3) is 5.91 Å². The zero-order valence-electron chi connectivity index (χ0n) is 23.9. The van der Waals surface area contributed by atoms with Gasteiger partial charge >= 0.3 is 0 Å². The van der Waals surface area contributed by atoms with Gasteiger partial charge in [-0.1, -0.05) is 67.4 Å². The van der Waals surface area contributed by atoms with Crippen LogP contribution >= 0.6 is 35.0 Å². The molecule has 2 aliphatic heterocycles. The van der Waals surface area contributed by atoms with Crippen LogP contribution < -0.4 is 14.2 Å². The SMILES string of the molecule is CCOc1cc(/C=C2/C(=N)N3N=C(c4ccccc4Cl)SC3=NC2=O)cc(Cl)c1OCCOc1ccc(C(C)CC)cc1. The van der Waals surface area contributed by atoms with Crippen molar-refractivity contribution in [3.8, 4) is 17.2 Å². The summed E-state index contributed by atoms with van der Waals surface area (Å²) in [6.07, 6.45) is 2.63. The molecule has 0 spiro atoms. The molecular formula is C32H30Cl2N4O4S. The van der Waals surface area contributed by atoms with Crippen molar-refractivity contribution in [3.63, 3.8) is 0 Å². The Labute approximate surface area is 264 Å². The molecule has 0 radical (unpaired) electrons. The van der Waals surface area contributed by atoms with Gasteiger partial charge in [-0.15, -0.1) is 0 Å². The van der Waals surface area contributed by atoms with Gasteiger partial charge in [0.15, 0.2) is 17.3 Å². The summed E-state index contributed by atoms with van der Waals surface area (Å²) in [7, 11) is 0. The maximum absolute atomic E-state index is 13.0. The molecule has 0 bridgehead atoms. The van der Waals surface area contributed by atoms with Gasteiger partial charge in [-0.3, -0.25) is 10.2 Å². The number of aliphatic imine (C=N–C) groups is 1. The largest absolute Gasteiger partial charge is 0.490 e. The lowest BCUT2D eigenvalue weighted by atomic mass is 9.99. The van der Waals surface area contributed by atoms with Gasteiger partial charge in [0.05, 0.1) is 22.2 Å². The quantitative estimate of drug-likeness (QED) is 0.169. The maximum atomic E-state index is 13.0. The summed E-state index contributed by atoms with van der Waals surface area (Å²) in [5.41, 5.74) is 2.59. The minimum Gasteiger partial charge on any atom is -0.490 e. The van der Waals surface area contributed by atoms with E-state index in [0.717, 1.165) is 12.2 Å². The van der Waals surface area contributed by atoms with Crippen molar-refractivity contribution in [1.82, 2.24) is 5.01 Å². The molecule has 5 rings (SSSR count). The standard InChI is InChI=1S/C32H30Cl2N4O4S/c1-4-19(3)21-10-12-22(13-11-21)41-14-15-42-28-26(34)17-20(18-27(28)40-5-2)16-24-29(35)38-32(36-30(24)39)43-31(37-38)23-8-6-7-9-25(23)33/h6-13,16-19,35H,4-5,14-15H2,1-3H3/b24-16-,35-29?. The van der Waals surface area contributed by atoms with E-state index in [-0.39, 0.29) is 18.0 Å². The van der Waals surface area contributed by atoms with Gasteiger partial charge in [0.1, 0.15) is 24.0 Å². The van der Waals surface area contributed by atoms with Crippen LogP contribution in [0, 0.1) is 5.41 Å². The number of rotatable bonds is 11. The average Bonchev–Trinajstić information content (AvgIpc) is 3.42. The average molecular weight is 638 g/mol. The number of thioether (sulfide) groups is 1. The Balaban J connectivity index is 1.30. The van der Waals surface area contributed by atoms with Crippen LogP contribution in [0.25, 0.3) is 6.08 Å². The summed E-state index contributed by atoms with van der Waals surface area (Å²) in [6, 6.07) is 18.7. The van der Waals surface area contributed by atoms with E-state index in [4.69, 9.17) is 42.8 Å². The topological polar surface area (TPSA) is 96.6 Å². The van der Waals surface area contributed by atoms with Gasteiger partial charge in [-0.25, -0.2) is 0 Å². The van der Waals surface area contributed by atoms with Crippen molar-refractivity contribution >= 4 is 63.0 Å². The summed E-state index contributed by atoms with van der Waals surface area (Å²) in [4.78, 5) is 17.1. The second kappa shape index (κ2) is 13.7. The number of amidine groups is 2. The number of amides is 1. The molecule has 11 heteroatoms. The number of nitrogens with zero attached hydrogens (tertiary/aromatic N) is 3. The van der Waals surface area contributed by atoms with E-state index in [0.29, 0.717) is 62.0 Å². The highest BCUT2D eigenvalue weighted by atomic mass is 35.5. The molecule has 1 atom stereocenters. The van der Waals surface area contributed by atoms with Crippen molar-refractivity contribution in [2.24, 2.45) is 10.1 Å². The number of ether oxygens (including phenoxy) is 3. The molecule has 0 fully saturated rings. The predicted molar refractivity (Wildman–Crippen MR) is 174 cm³/mol. The highest BCUT2D eigenvalue weighted by Gasteiger charge is 2.36. The van der Waals surface area contributed by atoms with Gasteiger partial charge in [-0.2, -0.15) is 15.1 Å². The Kier molecular flexibility index (Phi) is 9.75. The first-order valence-corrected chi connectivity index (χ1v) is 15.4. The van der Waals surface area contributed by atoms with E-state index in [1.165, 1.54) is 22.3 Å². The fourth-order valence-corrected chi connectivity index (χ4v) is 5.89. The summed E-state index contributed by atoms with van der Waals surface area (Å²) in [5.74, 6) is 1.39. The molecule has 1 unspecified atom stereocenters. The number of hydrazone groups is 1. The molecule has 0 saturated carbocycles. The zero-order valence-corrected chi connectivity index (χ0v) is 26.2. The maximum Gasteiger partial charge on any atom is 0.283 e. The second-order valence-electron chi connectivity index (χ2n) is 9.74. The number of carbonyl (C=O) groups is 1. The van der Waals surface area contributed by atoms with Crippen LogP contribution in [0.1, 0.15) is 49.8 Å². The molecule has 0 aromatic heterocycles. The lowest BCUT2D eigenvalue weighted by Crippen LogP contribution is -2.35. The number of benzene rings is 3. The molecule has 2 aliphatic rings. The number of carbonyl (C=O) groups excluding carboxylic acids is 1. The predicted octanol–water partition coefficient (Wildman–Crippen LogP) is 8.03. The molecule has 8 nitrogen and oxygen atoms in total. The van der Waals surface area contributed by atoms with Crippen LogP contribution in [0.2, 0.25) is 10.0 Å². The minimum atomic E-state index is -0.553. The molecule has 0 saturated heterocycles. The molecule has 1 amide bonds. The van der Waals surface area contributed by atoms with Crippen LogP contribution in [0.4, 0.5) is 0 Å². The molecule has 43 heavy (non-hydrogen) atoms. The van der Waals surface area contributed by atoms with Crippen molar-refractivity contribution in [2.45, 2.75) is 33.1 Å². The smallest absolute Gasteiger partial charge is 0.283 e. The molecular weight excluding hydrogens is 607 g/mol. The lowest BCUT2D eigenvalue weighted by molar-refractivity contribution is -0.114. The van der Waals surface area contributed by atoms with Gasteiger partial charge in [0.2, 0.25) is 5.17 Å². The van der Waals surface area contributed by atoms with E-state index < -0.39 is 5.91 Å². The summed E-state index contributed by atoms with van der Waals surface area (Å²) >= 11 is 14.1. The molecule has 2 heterocycles. The van der Waals surface area contributed by atoms with Crippen molar-refractivity contribution in [2.75, 3.05) is 19.8 Å². The molecule has 3 aromatic carbocycles. The van der Waals surface area contributed by atoms with Gasteiger partial charge in [0, 0.05) is 5.56 Å². The van der Waals surface area contributed by atoms with Crippen LogP contribution in [-0.4, -0.2) is 46.8 Å². The first-order valence-electron chi connectivity index (χ1n) is 13.9. The summed E-state index contributed by atoms with van der Waals surface area (Å²) in [6.45, 7) is 7.15. The third-order valence-electron chi connectivity index (χ3n) is 6.86. The Morgan fingerprint density at radius 1 is 1.00 bits per heavy atom. The highest BCUT2D eigenvalue weighted by Crippen LogP contribution is 2.38. The second-order valence-corrected chi connectivity index (χ2v) is 11.5. The number of halogens is 2. The number of hydrogen-bond acceptors (Lipinski definition) is 7. The number of nitrogens with one attached hydrogen (secondary N) is 1. The zero-order chi connectivity index (χ0) is 30.5. The number of hydrogen-bond donors (Lipinski definition) is 1. The molecule has 0 aliphatic carbocycles. The van der Waals surface area contributed by atoms with Crippen LogP contribution in [-0.2, 0) is 4.79 Å². The fraction of sp³-hybridized carbons (Fsp3) is 0.250. The third-order valence-corrected chi connectivity index (χ3v) is 8.41. The monoisotopic (exact) mass is 636 g/mol. The Hall–Kier alpha value is -3.79. The Morgan fingerprint density at radius 3 is 2.47 bits per heavy atom. The fourth-order valence-electron chi connectivity index (χ4n) is 4.41. The Morgan fingerprint density at radius 2 is 1.74 bits per heavy atom. The molecule has 1 N–H and O–H groups in total. The van der Waals surface area contributed by atoms with E-state index in [1.807, 2.05) is 37.3 Å². The highest BCUT2D eigenvalue weighted by molar-refractivity contribution is 8.27. The van der Waals surface area contributed by atoms with Gasteiger partial charge < -0.3 is 14.2 Å². The first kappa shape index (κ1) is 30.7. The van der Waals surface area contributed by atoms with Crippen molar-refractivity contribution in [3.05, 3.63) is 93.0 Å². The van der Waals surface area contributed by atoms with E-state index in [1.54, 1.807) is 24.3 Å². The minimum absolute atomic E-state index is 0.0634. The summed E-state index contributed by atoms with van der Waals surface area (Å²) < 4.78 is 17.6. The van der Waals surface area contributed by atoms with E-state index >= 15 is 0 Å². The van der Waals surface area contributed by atoms with Crippen LogP contribution in [0.3, 0.4) is 0 Å². The molecule has 3 aromatic rings. The van der Waals surface area contributed by atoms with Gasteiger partial charge in [-0.05, 0) is 78.6 Å². The van der Waals surface area contributed by atoms with E-state index in [9.17, 15) is 4.79 Å². The Bertz CT molecular complexity index is 1640. The first-order chi connectivity index (χ1) is 20.8. The van der Waals surface area contributed by atoms with Crippen molar-refractivity contribution in [1.29, 1.82) is 5.41 Å². The van der Waals surface area contributed by atoms with Crippen LogP contribution in [0.15, 0.2) is 76.3 Å². The summed E-state index contributed by atoms with van der Waals surface area (Å²) in [5, 5.41) is 16.2. The van der Waals surface area contributed by atoms with E-state index in [2.05, 4.69) is 36.1 Å². The number of fused-ring (bicyclic) bond motifs is 1. The molecule has 222 valence electrons.